The average Bonchev–Trinajstić information content (AvgIpc) is 2.85. The van der Waals surface area contributed by atoms with Crippen LogP contribution < -0.4 is 0 Å². The van der Waals surface area contributed by atoms with Gasteiger partial charge in [0.15, 0.2) is 0 Å². The molecule has 18 heavy (non-hydrogen) atoms. The minimum Gasteiger partial charge on any atom is -0.347 e. The van der Waals surface area contributed by atoms with Crippen molar-refractivity contribution in [2.24, 2.45) is 4.99 Å². The standard InChI is InChI=1S/C16H20N2/c1-2-15(13-8-4-3-5-9-13)18-12-17-14-10-6-7-11-16(14)18/h3-5,8-10,12,15-16H,2,6-7,11H2,1H3. The fourth-order valence-corrected chi connectivity index (χ4v) is 3.09. The average molecular weight is 240 g/mol. The van der Waals surface area contributed by atoms with Crippen molar-refractivity contribution in [3.63, 3.8) is 0 Å². The van der Waals surface area contributed by atoms with Crippen molar-refractivity contribution in [1.29, 1.82) is 0 Å². The molecule has 0 N–H and O–H groups in total. The Bertz CT molecular complexity index is 461. The van der Waals surface area contributed by atoms with Crippen molar-refractivity contribution in [2.45, 2.75) is 44.7 Å². The largest absolute Gasteiger partial charge is 0.347 e. The monoisotopic (exact) mass is 240 g/mol. The van der Waals surface area contributed by atoms with Gasteiger partial charge in [-0.25, -0.2) is 4.99 Å². The van der Waals surface area contributed by atoms with Crippen molar-refractivity contribution < 1.29 is 0 Å². The van der Waals surface area contributed by atoms with Crippen molar-refractivity contribution in [3.8, 4) is 0 Å². The van der Waals surface area contributed by atoms with Crippen LogP contribution in [0.25, 0.3) is 0 Å². The SMILES string of the molecule is CCC(c1ccccc1)N1C=NC2=CCCCC21. The lowest BCUT2D eigenvalue weighted by molar-refractivity contribution is 0.259. The Morgan fingerprint density at radius 3 is 2.94 bits per heavy atom. The summed E-state index contributed by atoms with van der Waals surface area (Å²) in [6, 6.07) is 11.8. The molecule has 0 bridgehead atoms. The van der Waals surface area contributed by atoms with Crippen LogP contribution in [-0.4, -0.2) is 17.3 Å². The quantitative estimate of drug-likeness (QED) is 0.782. The molecule has 1 aliphatic heterocycles. The van der Waals surface area contributed by atoms with E-state index in [9.17, 15) is 0 Å². The van der Waals surface area contributed by atoms with E-state index in [0.29, 0.717) is 12.1 Å². The number of aliphatic imine (C=N–C) groups is 1. The van der Waals surface area contributed by atoms with Crippen LogP contribution in [0.4, 0.5) is 0 Å². The molecular weight excluding hydrogens is 220 g/mol. The molecule has 1 aromatic rings. The molecule has 0 amide bonds. The summed E-state index contributed by atoms with van der Waals surface area (Å²) >= 11 is 0. The van der Waals surface area contributed by atoms with E-state index in [-0.39, 0.29) is 0 Å². The van der Waals surface area contributed by atoms with Gasteiger partial charge in [0.05, 0.1) is 24.1 Å². The maximum Gasteiger partial charge on any atom is 0.0919 e. The Morgan fingerprint density at radius 2 is 2.17 bits per heavy atom. The Labute approximate surface area is 109 Å². The third kappa shape index (κ3) is 1.96. The number of rotatable bonds is 3. The summed E-state index contributed by atoms with van der Waals surface area (Å²) < 4.78 is 0. The van der Waals surface area contributed by atoms with Crippen LogP contribution in [0.5, 0.6) is 0 Å². The second kappa shape index (κ2) is 4.97. The van der Waals surface area contributed by atoms with Crippen LogP contribution in [0.2, 0.25) is 0 Å². The first-order valence-corrected chi connectivity index (χ1v) is 6.96. The molecule has 0 radical (unpaired) electrons. The molecular formula is C16H20N2. The first-order chi connectivity index (χ1) is 8.90. The predicted molar refractivity (Wildman–Crippen MR) is 75.5 cm³/mol. The first kappa shape index (κ1) is 11.5. The molecule has 94 valence electrons. The Balaban J connectivity index is 1.87. The summed E-state index contributed by atoms with van der Waals surface area (Å²) in [6.07, 6.45) is 9.22. The van der Waals surface area contributed by atoms with E-state index in [1.165, 1.54) is 30.5 Å². The molecule has 2 atom stereocenters. The summed E-state index contributed by atoms with van der Waals surface area (Å²) in [6.45, 7) is 2.26. The van der Waals surface area contributed by atoms with E-state index < -0.39 is 0 Å². The highest BCUT2D eigenvalue weighted by Gasteiger charge is 2.31. The molecule has 2 aliphatic rings. The van der Waals surface area contributed by atoms with Crippen LogP contribution in [0.1, 0.15) is 44.2 Å². The molecule has 1 heterocycles. The Morgan fingerprint density at radius 1 is 1.33 bits per heavy atom. The van der Waals surface area contributed by atoms with Crippen molar-refractivity contribution >= 4 is 6.34 Å². The van der Waals surface area contributed by atoms with Gasteiger partial charge in [-0.2, -0.15) is 0 Å². The van der Waals surface area contributed by atoms with Gasteiger partial charge in [0.25, 0.3) is 0 Å². The lowest BCUT2D eigenvalue weighted by Gasteiger charge is -2.34. The highest BCUT2D eigenvalue weighted by Crippen LogP contribution is 2.35. The minimum atomic E-state index is 0.462. The van der Waals surface area contributed by atoms with Crippen LogP contribution in [0.15, 0.2) is 47.1 Å². The third-order valence-electron chi connectivity index (χ3n) is 4.01. The first-order valence-electron chi connectivity index (χ1n) is 6.96. The molecule has 0 saturated heterocycles. The molecule has 3 rings (SSSR count). The molecule has 0 fully saturated rings. The van der Waals surface area contributed by atoms with Crippen LogP contribution in [-0.2, 0) is 0 Å². The van der Waals surface area contributed by atoms with E-state index in [1.54, 1.807) is 0 Å². The van der Waals surface area contributed by atoms with Gasteiger partial charge in [-0.3, -0.25) is 0 Å². The fraction of sp³-hybridized carbons (Fsp3) is 0.438. The van der Waals surface area contributed by atoms with Crippen molar-refractivity contribution in [3.05, 3.63) is 47.7 Å². The van der Waals surface area contributed by atoms with Crippen LogP contribution in [0.3, 0.4) is 0 Å². The second-order valence-corrected chi connectivity index (χ2v) is 5.10. The zero-order chi connectivity index (χ0) is 12.4. The van der Waals surface area contributed by atoms with E-state index in [4.69, 9.17) is 0 Å². The number of hydrogen-bond acceptors (Lipinski definition) is 2. The number of hydrogen-bond donors (Lipinski definition) is 0. The van der Waals surface area contributed by atoms with Gasteiger partial charge in [0.2, 0.25) is 0 Å². The molecule has 0 spiro atoms. The number of fused-ring (bicyclic) bond motifs is 1. The van der Waals surface area contributed by atoms with Crippen LogP contribution in [0, 0.1) is 0 Å². The van der Waals surface area contributed by atoms with Crippen LogP contribution >= 0.6 is 0 Å². The molecule has 2 heteroatoms. The lowest BCUT2D eigenvalue weighted by atomic mass is 9.95. The normalized spacial score (nSPS) is 23.7. The summed E-state index contributed by atoms with van der Waals surface area (Å²) in [7, 11) is 0. The topological polar surface area (TPSA) is 15.6 Å². The molecule has 2 nitrogen and oxygen atoms in total. The van der Waals surface area contributed by atoms with Gasteiger partial charge in [0.1, 0.15) is 0 Å². The third-order valence-corrected chi connectivity index (χ3v) is 4.01. The number of nitrogens with zero attached hydrogens (tertiary/aromatic N) is 2. The minimum absolute atomic E-state index is 0.462. The zero-order valence-corrected chi connectivity index (χ0v) is 10.9. The van der Waals surface area contributed by atoms with Gasteiger partial charge < -0.3 is 4.90 Å². The van der Waals surface area contributed by atoms with Gasteiger partial charge in [0, 0.05) is 0 Å². The summed E-state index contributed by atoms with van der Waals surface area (Å²) in [5.74, 6) is 0. The van der Waals surface area contributed by atoms with Gasteiger partial charge in [-0.05, 0) is 31.2 Å². The van der Waals surface area contributed by atoms with E-state index in [0.717, 1.165) is 6.42 Å². The highest BCUT2D eigenvalue weighted by molar-refractivity contribution is 5.64. The second-order valence-electron chi connectivity index (χ2n) is 5.10. The maximum atomic E-state index is 4.60. The smallest absolute Gasteiger partial charge is 0.0919 e. The lowest BCUT2D eigenvalue weighted by Crippen LogP contribution is -2.35. The summed E-state index contributed by atoms with van der Waals surface area (Å²) in [4.78, 5) is 7.05. The predicted octanol–water partition coefficient (Wildman–Crippen LogP) is 3.92. The van der Waals surface area contributed by atoms with Crippen molar-refractivity contribution in [1.82, 2.24) is 4.90 Å². The van der Waals surface area contributed by atoms with Crippen molar-refractivity contribution in [2.75, 3.05) is 0 Å². The van der Waals surface area contributed by atoms with E-state index in [1.807, 2.05) is 0 Å². The van der Waals surface area contributed by atoms with Gasteiger partial charge in [-0.15, -0.1) is 0 Å². The fourth-order valence-electron chi connectivity index (χ4n) is 3.09. The number of benzene rings is 1. The van der Waals surface area contributed by atoms with Gasteiger partial charge in [-0.1, -0.05) is 43.3 Å². The molecule has 2 unspecified atom stereocenters. The molecule has 0 saturated carbocycles. The molecule has 1 aromatic carbocycles. The Hall–Kier alpha value is -1.57. The molecule has 0 aromatic heterocycles. The highest BCUT2D eigenvalue weighted by atomic mass is 15.3. The number of allylic oxidation sites excluding steroid dienone is 1. The van der Waals surface area contributed by atoms with E-state index in [2.05, 4.69) is 59.6 Å². The maximum absolute atomic E-state index is 4.60. The Kier molecular flexibility index (Phi) is 3.18. The van der Waals surface area contributed by atoms with Gasteiger partial charge >= 0.3 is 0 Å². The van der Waals surface area contributed by atoms with E-state index >= 15 is 0 Å². The molecule has 1 aliphatic carbocycles. The summed E-state index contributed by atoms with van der Waals surface area (Å²) in [5.41, 5.74) is 2.69. The zero-order valence-electron chi connectivity index (χ0n) is 10.9. The summed E-state index contributed by atoms with van der Waals surface area (Å²) in [5, 5.41) is 0.